The predicted octanol–water partition coefficient (Wildman–Crippen LogP) is 3.03. The molecule has 1 aliphatic heterocycles. The number of carbonyl (C=O) groups is 1. The molecule has 4 rings (SSSR count). The zero-order valence-electron chi connectivity index (χ0n) is 20.7. The molecule has 2 aromatic heterocycles. The SMILES string of the molecule is CC(C)N(CCC(=O)N1CCN(c2ncc(C(F)(F)F)cn2)CC1)[C@@H]1CCc2c1n[nH]c(=O)c2C(F)(F)F. The minimum atomic E-state index is -4.79. The van der Waals surface area contributed by atoms with Crippen molar-refractivity contribution in [3.8, 4) is 0 Å². The Morgan fingerprint density at radius 2 is 1.71 bits per heavy atom. The van der Waals surface area contributed by atoms with E-state index in [4.69, 9.17) is 0 Å². The molecule has 1 amide bonds. The molecule has 0 aromatic carbocycles. The highest BCUT2D eigenvalue weighted by Crippen LogP contribution is 2.40. The van der Waals surface area contributed by atoms with Crippen LogP contribution in [-0.4, -0.2) is 74.6 Å². The van der Waals surface area contributed by atoms with Gasteiger partial charge in [0.05, 0.1) is 17.3 Å². The topological polar surface area (TPSA) is 98.3 Å². The number of piperazine rings is 1. The Morgan fingerprint density at radius 1 is 1.08 bits per heavy atom. The van der Waals surface area contributed by atoms with Gasteiger partial charge in [0, 0.05) is 57.6 Å². The molecule has 15 heteroatoms. The number of hydrogen-bond donors (Lipinski definition) is 1. The summed E-state index contributed by atoms with van der Waals surface area (Å²) in [5.74, 6) is 0.00650. The van der Waals surface area contributed by atoms with Crippen LogP contribution in [0.1, 0.15) is 55.1 Å². The van der Waals surface area contributed by atoms with Gasteiger partial charge in [-0.3, -0.25) is 14.5 Å². The van der Waals surface area contributed by atoms with E-state index in [-0.39, 0.29) is 48.5 Å². The Hall–Kier alpha value is -3.23. The van der Waals surface area contributed by atoms with Crippen molar-refractivity contribution in [2.75, 3.05) is 37.6 Å². The molecule has 38 heavy (non-hydrogen) atoms. The van der Waals surface area contributed by atoms with E-state index < -0.39 is 35.1 Å². The van der Waals surface area contributed by atoms with Crippen molar-refractivity contribution in [1.29, 1.82) is 0 Å². The maximum absolute atomic E-state index is 13.5. The first-order chi connectivity index (χ1) is 17.8. The number of aromatic amines is 1. The number of aromatic nitrogens is 4. The molecule has 1 aliphatic carbocycles. The Kier molecular flexibility index (Phi) is 7.68. The average molecular weight is 548 g/mol. The molecule has 1 saturated heterocycles. The van der Waals surface area contributed by atoms with Crippen LogP contribution in [0.2, 0.25) is 0 Å². The third-order valence-corrected chi connectivity index (χ3v) is 6.91. The van der Waals surface area contributed by atoms with Crippen molar-refractivity contribution in [2.45, 2.75) is 57.5 Å². The van der Waals surface area contributed by atoms with Crippen LogP contribution >= 0.6 is 0 Å². The molecule has 0 unspecified atom stereocenters. The highest BCUT2D eigenvalue weighted by molar-refractivity contribution is 5.76. The molecule has 0 saturated carbocycles. The lowest BCUT2D eigenvalue weighted by Crippen LogP contribution is -2.50. The Labute approximate surface area is 213 Å². The van der Waals surface area contributed by atoms with Crippen LogP contribution in [0.25, 0.3) is 0 Å². The van der Waals surface area contributed by atoms with Gasteiger partial charge in [-0.05, 0) is 32.3 Å². The van der Waals surface area contributed by atoms with E-state index in [0.717, 1.165) is 12.4 Å². The van der Waals surface area contributed by atoms with Crippen LogP contribution in [0, 0.1) is 0 Å². The molecule has 3 heterocycles. The largest absolute Gasteiger partial charge is 0.422 e. The normalized spacial score (nSPS) is 18.4. The molecular formula is C23H27F6N7O2. The van der Waals surface area contributed by atoms with Gasteiger partial charge in [-0.25, -0.2) is 15.1 Å². The van der Waals surface area contributed by atoms with E-state index in [1.807, 2.05) is 23.8 Å². The van der Waals surface area contributed by atoms with Crippen LogP contribution in [0.15, 0.2) is 17.2 Å². The minimum Gasteiger partial charge on any atom is -0.339 e. The molecule has 0 radical (unpaired) electrons. The molecule has 0 bridgehead atoms. The number of H-pyrrole nitrogens is 1. The quantitative estimate of drug-likeness (QED) is 0.556. The number of amides is 1. The summed E-state index contributed by atoms with van der Waals surface area (Å²) in [4.78, 5) is 37.6. The van der Waals surface area contributed by atoms with E-state index >= 15 is 0 Å². The highest BCUT2D eigenvalue weighted by Gasteiger charge is 2.43. The molecule has 2 aliphatic rings. The first-order valence-corrected chi connectivity index (χ1v) is 12.1. The number of rotatable bonds is 6. The van der Waals surface area contributed by atoms with E-state index in [0.29, 0.717) is 32.6 Å². The van der Waals surface area contributed by atoms with E-state index in [1.165, 1.54) is 0 Å². The van der Waals surface area contributed by atoms with Gasteiger partial charge in [0.1, 0.15) is 5.56 Å². The van der Waals surface area contributed by atoms with Gasteiger partial charge >= 0.3 is 12.4 Å². The van der Waals surface area contributed by atoms with Crippen molar-refractivity contribution < 1.29 is 31.1 Å². The zero-order chi connectivity index (χ0) is 27.8. The number of nitrogens with zero attached hydrogens (tertiary/aromatic N) is 6. The summed E-state index contributed by atoms with van der Waals surface area (Å²) in [6, 6.07) is -0.570. The van der Waals surface area contributed by atoms with E-state index in [2.05, 4.69) is 15.1 Å². The molecule has 1 N–H and O–H groups in total. The Balaban J connectivity index is 1.37. The molecule has 2 aromatic rings. The number of fused-ring (bicyclic) bond motifs is 1. The van der Waals surface area contributed by atoms with Gasteiger partial charge in [0.25, 0.3) is 5.56 Å². The maximum Gasteiger partial charge on any atom is 0.422 e. The molecule has 1 fully saturated rings. The van der Waals surface area contributed by atoms with Crippen LogP contribution in [0.5, 0.6) is 0 Å². The molecule has 1 atom stereocenters. The zero-order valence-corrected chi connectivity index (χ0v) is 20.7. The van der Waals surface area contributed by atoms with E-state index in [1.54, 1.807) is 9.80 Å². The number of hydrogen-bond acceptors (Lipinski definition) is 7. The van der Waals surface area contributed by atoms with Gasteiger partial charge < -0.3 is 9.80 Å². The average Bonchev–Trinajstić information content (AvgIpc) is 3.26. The van der Waals surface area contributed by atoms with Crippen LogP contribution < -0.4 is 10.5 Å². The first-order valence-electron chi connectivity index (χ1n) is 12.1. The van der Waals surface area contributed by atoms with Crippen molar-refractivity contribution in [3.63, 3.8) is 0 Å². The summed E-state index contributed by atoms with van der Waals surface area (Å²) in [5, 5.41) is 5.91. The van der Waals surface area contributed by atoms with Crippen LogP contribution in [0.3, 0.4) is 0 Å². The van der Waals surface area contributed by atoms with E-state index in [9.17, 15) is 35.9 Å². The Bertz CT molecular complexity index is 1200. The fourth-order valence-electron chi connectivity index (χ4n) is 5.01. The second kappa shape index (κ2) is 10.5. The number of carbonyl (C=O) groups excluding carboxylic acids is 1. The van der Waals surface area contributed by atoms with Crippen molar-refractivity contribution in [2.24, 2.45) is 0 Å². The summed E-state index contributed by atoms with van der Waals surface area (Å²) in [6.07, 6.45) is -7.33. The second-order valence-electron chi connectivity index (χ2n) is 9.56. The predicted molar refractivity (Wildman–Crippen MR) is 123 cm³/mol. The molecule has 9 nitrogen and oxygen atoms in total. The third-order valence-electron chi connectivity index (χ3n) is 6.91. The number of alkyl halides is 6. The van der Waals surface area contributed by atoms with Gasteiger partial charge in [-0.2, -0.15) is 31.4 Å². The third kappa shape index (κ3) is 5.76. The molecule has 208 valence electrons. The van der Waals surface area contributed by atoms with Crippen LogP contribution in [0.4, 0.5) is 32.3 Å². The summed E-state index contributed by atoms with van der Waals surface area (Å²) in [5.41, 5.74) is -3.32. The number of nitrogens with one attached hydrogen (secondary N) is 1. The number of halogens is 6. The van der Waals surface area contributed by atoms with Gasteiger partial charge in [0.2, 0.25) is 11.9 Å². The fraction of sp³-hybridized carbons (Fsp3) is 0.609. The lowest BCUT2D eigenvalue weighted by molar-refractivity contribution is -0.139. The van der Waals surface area contributed by atoms with Crippen LogP contribution in [-0.2, 0) is 23.6 Å². The van der Waals surface area contributed by atoms with Crippen molar-refractivity contribution in [1.82, 2.24) is 30.0 Å². The standard InChI is InChI=1S/C23H27F6N7O2/c1-13(2)36(16-4-3-15-18(23(27,28)29)20(38)33-32-19(15)16)6-5-17(37)34-7-9-35(10-8-34)21-30-11-14(12-31-21)22(24,25)26/h11-13,16H,3-10H2,1-2H3,(H,33,38)/t16-/m1/s1. The smallest absolute Gasteiger partial charge is 0.339 e. The van der Waals surface area contributed by atoms with Gasteiger partial charge in [0.15, 0.2) is 0 Å². The summed E-state index contributed by atoms with van der Waals surface area (Å²) in [7, 11) is 0. The highest BCUT2D eigenvalue weighted by atomic mass is 19.4. The lowest BCUT2D eigenvalue weighted by atomic mass is 10.1. The molecular weight excluding hydrogens is 520 g/mol. The maximum atomic E-state index is 13.5. The van der Waals surface area contributed by atoms with Crippen molar-refractivity contribution in [3.05, 3.63) is 45.1 Å². The Morgan fingerprint density at radius 3 is 2.26 bits per heavy atom. The fourth-order valence-corrected chi connectivity index (χ4v) is 5.01. The summed E-state index contributed by atoms with van der Waals surface area (Å²) < 4.78 is 78.6. The molecule has 0 spiro atoms. The minimum absolute atomic E-state index is 0.0664. The number of anilines is 1. The lowest BCUT2D eigenvalue weighted by Gasteiger charge is -2.36. The van der Waals surface area contributed by atoms with Gasteiger partial charge in [-0.15, -0.1) is 0 Å². The first kappa shape index (κ1) is 27.8. The van der Waals surface area contributed by atoms with Gasteiger partial charge in [-0.1, -0.05) is 0 Å². The second-order valence-corrected chi connectivity index (χ2v) is 9.56. The summed E-state index contributed by atoms with van der Waals surface area (Å²) >= 11 is 0. The monoisotopic (exact) mass is 547 g/mol. The van der Waals surface area contributed by atoms with Crippen molar-refractivity contribution >= 4 is 11.9 Å². The summed E-state index contributed by atoms with van der Waals surface area (Å²) in [6.45, 7) is 5.38.